The van der Waals surface area contributed by atoms with Gasteiger partial charge in [0, 0.05) is 12.8 Å². The van der Waals surface area contributed by atoms with Crippen molar-refractivity contribution in [2.45, 2.75) is 18.5 Å². The first kappa shape index (κ1) is 15.9. The van der Waals surface area contributed by atoms with Gasteiger partial charge in [0.2, 0.25) is 5.91 Å². The minimum absolute atomic E-state index is 0.159. The summed E-state index contributed by atoms with van der Waals surface area (Å²) in [5, 5.41) is 14.2. The number of nitrogens with one attached hydrogen (secondary N) is 2. The molecule has 2 atom stereocenters. The molecular weight excluding hydrogens is 276 g/mol. The fourth-order valence-corrected chi connectivity index (χ4v) is 2.26. The van der Waals surface area contributed by atoms with Crippen molar-refractivity contribution in [1.82, 2.24) is 10.6 Å². The third-order valence-electron chi connectivity index (χ3n) is 2.63. The van der Waals surface area contributed by atoms with Crippen molar-refractivity contribution in [3.8, 4) is 0 Å². The van der Waals surface area contributed by atoms with E-state index in [1.54, 1.807) is 0 Å². The van der Waals surface area contributed by atoms with Crippen molar-refractivity contribution >= 4 is 21.7 Å². The molecule has 0 aromatic rings. The molecule has 0 saturated carbocycles. The van der Waals surface area contributed by atoms with Crippen molar-refractivity contribution in [2.75, 3.05) is 31.8 Å². The molecule has 0 radical (unpaired) electrons. The highest BCUT2D eigenvalue weighted by Crippen LogP contribution is 2.00. The molecule has 9 heteroatoms. The van der Waals surface area contributed by atoms with Crippen LogP contribution in [0.25, 0.3) is 0 Å². The Labute approximate surface area is 111 Å². The normalized spacial score (nSPS) is 21.6. The Balaban J connectivity index is 2.52. The first-order valence-electron chi connectivity index (χ1n) is 5.81. The number of carbonyl (C=O) groups is 2. The molecule has 1 aliphatic rings. The number of ether oxygens (including phenoxy) is 1. The van der Waals surface area contributed by atoms with Crippen LogP contribution in [0.2, 0.25) is 0 Å². The molecule has 1 saturated heterocycles. The summed E-state index contributed by atoms with van der Waals surface area (Å²) < 4.78 is 27.1. The molecule has 2 unspecified atom stereocenters. The van der Waals surface area contributed by atoms with Crippen LogP contribution in [0.1, 0.15) is 6.42 Å². The minimum Gasteiger partial charge on any atom is -0.480 e. The van der Waals surface area contributed by atoms with E-state index in [9.17, 15) is 18.0 Å². The quantitative estimate of drug-likeness (QED) is 0.517. The molecule has 3 N–H and O–H groups in total. The fourth-order valence-electron chi connectivity index (χ4n) is 1.60. The first-order valence-corrected chi connectivity index (χ1v) is 7.87. The molecule has 0 spiro atoms. The van der Waals surface area contributed by atoms with Crippen LogP contribution in [0.15, 0.2) is 0 Å². The van der Waals surface area contributed by atoms with Crippen molar-refractivity contribution in [3.05, 3.63) is 0 Å². The standard InChI is InChI=1S/C10H18N2O6S/c1-19(16,17)5-2-7(10(14)15)12-9(13)8-6-18-4-3-11-8/h7-8,11H,2-6H2,1H3,(H,12,13)(H,14,15). The van der Waals surface area contributed by atoms with Gasteiger partial charge in [0.25, 0.3) is 0 Å². The average molecular weight is 294 g/mol. The van der Waals surface area contributed by atoms with Crippen LogP contribution in [0.5, 0.6) is 0 Å². The Kier molecular flexibility index (Phi) is 5.70. The lowest BCUT2D eigenvalue weighted by Gasteiger charge is -2.24. The van der Waals surface area contributed by atoms with Crippen LogP contribution in [0.3, 0.4) is 0 Å². The Morgan fingerprint density at radius 1 is 1.53 bits per heavy atom. The summed E-state index contributed by atoms with van der Waals surface area (Å²) in [6.45, 7) is 1.18. The Bertz CT molecular complexity index is 429. The van der Waals surface area contributed by atoms with Gasteiger partial charge in [-0.25, -0.2) is 13.2 Å². The highest BCUT2D eigenvalue weighted by Gasteiger charge is 2.27. The van der Waals surface area contributed by atoms with Crippen molar-refractivity contribution in [2.24, 2.45) is 0 Å². The van der Waals surface area contributed by atoms with Crippen LogP contribution in [-0.4, -0.2) is 69.3 Å². The third-order valence-corrected chi connectivity index (χ3v) is 3.61. The monoisotopic (exact) mass is 294 g/mol. The largest absolute Gasteiger partial charge is 0.480 e. The van der Waals surface area contributed by atoms with E-state index in [0.717, 1.165) is 6.26 Å². The predicted molar refractivity (Wildman–Crippen MR) is 66.5 cm³/mol. The van der Waals surface area contributed by atoms with Gasteiger partial charge in [0.05, 0.1) is 19.0 Å². The molecule has 110 valence electrons. The topological polar surface area (TPSA) is 122 Å². The molecular formula is C10H18N2O6S. The van der Waals surface area contributed by atoms with E-state index < -0.39 is 33.8 Å². The highest BCUT2D eigenvalue weighted by molar-refractivity contribution is 7.90. The maximum Gasteiger partial charge on any atom is 0.326 e. The Morgan fingerprint density at radius 2 is 2.21 bits per heavy atom. The zero-order valence-electron chi connectivity index (χ0n) is 10.6. The average Bonchev–Trinajstić information content (AvgIpc) is 2.33. The van der Waals surface area contributed by atoms with Gasteiger partial charge in [-0.2, -0.15) is 0 Å². The van der Waals surface area contributed by atoms with E-state index in [2.05, 4.69) is 10.6 Å². The smallest absolute Gasteiger partial charge is 0.326 e. The van der Waals surface area contributed by atoms with Gasteiger partial charge in [0.15, 0.2) is 0 Å². The summed E-state index contributed by atoms with van der Waals surface area (Å²) in [5.74, 6) is -2.05. The summed E-state index contributed by atoms with van der Waals surface area (Å²) in [4.78, 5) is 22.7. The maximum atomic E-state index is 11.8. The fraction of sp³-hybridized carbons (Fsp3) is 0.800. The summed E-state index contributed by atoms with van der Waals surface area (Å²) >= 11 is 0. The molecule has 19 heavy (non-hydrogen) atoms. The molecule has 0 aromatic heterocycles. The summed E-state index contributed by atoms with van der Waals surface area (Å²) in [7, 11) is -3.27. The molecule has 1 heterocycles. The Morgan fingerprint density at radius 3 is 2.68 bits per heavy atom. The third kappa shape index (κ3) is 5.99. The molecule has 1 aliphatic heterocycles. The SMILES string of the molecule is CS(=O)(=O)CCC(NC(=O)C1COCCN1)C(=O)O. The van der Waals surface area contributed by atoms with Crippen LogP contribution < -0.4 is 10.6 Å². The number of hydrogen-bond donors (Lipinski definition) is 3. The number of carbonyl (C=O) groups excluding carboxylic acids is 1. The van der Waals surface area contributed by atoms with E-state index in [1.807, 2.05) is 0 Å². The highest BCUT2D eigenvalue weighted by atomic mass is 32.2. The van der Waals surface area contributed by atoms with Gasteiger partial charge >= 0.3 is 5.97 Å². The number of rotatable bonds is 6. The molecule has 0 aliphatic carbocycles. The molecule has 1 amide bonds. The maximum absolute atomic E-state index is 11.8. The number of amides is 1. The van der Waals surface area contributed by atoms with Gasteiger partial charge in [-0.15, -0.1) is 0 Å². The predicted octanol–water partition coefficient (Wildman–Crippen LogP) is -2.02. The van der Waals surface area contributed by atoms with Gasteiger partial charge in [-0.1, -0.05) is 0 Å². The molecule has 1 rings (SSSR count). The lowest BCUT2D eigenvalue weighted by Crippen LogP contribution is -2.54. The number of aliphatic carboxylic acids is 1. The molecule has 0 aromatic carbocycles. The van der Waals surface area contributed by atoms with Crippen molar-refractivity contribution in [3.63, 3.8) is 0 Å². The van der Waals surface area contributed by atoms with Gasteiger partial charge in [-0.05, 0) is 6.42 Å². The van der Waals surface area contributed by atoms with Crippen molar-refractivity contribution in [1.29, 1.82) is 0 Å². The van der Waals surface area contributed by atoms with Gasteiger partial charge in [-0.3, -0.25) is 4.79 Å². The lowest BCUT2D eigenvalue weighted by atomic mass is 10.2. The summed E-state index contributed by atoms with van der Waals surface area (Å²) in [6.07, 6.45) is 0.859. The molecule has 0 bridgehead atoms. The second-order valence-electron chi connectivity index (χ2n) is 4.40. The molecule has 1 fully saturated rings. The number of sulfone groups is 1. The van der Waals surface area contributed by atoms with E-state index in [1.165, 1.54) is 0 Å². The van der Waals surface area contributed by atoms with Crippen LogP contribution in [0.4, 0.5) is 0 Å². The lowest BCUT2D eigenvalue weighted by molar-refractivity contribution is -0.142. The van der Waals surface area contributed by atoms with E-state index in [0.29, 0.717) is 13.2 Å². The Hall–Kier alpha value is -1.19. The van der Waals surface area contributed by atoms with Crippen LogP contribution in [0, 0.1) is 0 Å². The summed E-state index contributed by atoms with van der Waals surface area (Å²) in [6, 6.07) is -1.82. The number of morpholine rings is 1. The minimum atomic E-state index is -3.27. The summed E-state index contributed by atoms with van der Waals surface area (Å²) in [5.41, 5.74) is 0. The van der Waals surface area contributed by atoms with E-state index in [-0.39, 0.29) is 18.8 Å². The number of carboxylic acid groups (broad SMARTS) is 1. The van der Waals surface area contributed by atoms with Crippen LogP contribution >= 0.6 is 0 Å². The van der Waals surface area contributed by atoms with E-state index >= 15 is 0 Å². The second kappa shape index (κ2) is 6.83. The zero-order valence-corrected chi connectivity index (χ0v) is 11.4. The van der Waals surface area contributed by atoms with Crippen LogP contribution in [-0.2, 0) is 24.2 Å². The molecule has 8 nitrogen and oxygen atoms in total. The van der Waals surface area contributed by atoms with Gasteiger partial charge in [0.1, 0.15) is 21.9 Å². The van der Waals surface area contributed by atoms with Gasteiger partial charge < -0.3 is 20.5 Å². The van der Waals surface area contributed by atoms with Crippen molar-refractivity contribution < 1.29 is 27.9 Å². The number of hydrogen-bond acceptors (Lipinski definition) is 6. The number of carboxylic acids is 1. The van der Waals surface area contributed by atoms with E-state index in [4.69, 9.17) is 9.84 Å². The zero-order chi connectivity index (χ0) is 14.5. The second-order valence-corrected chi connectivity index (χ2v) is 6.66. The first-order chi connectivity index (χ1) is 8.79.